The summed E-state index contributed by atoms with van der Waals surface area (Å²) in [6.45, 7) is 0.769. The van der Waals surface area contributed by atoms with Gasteiger partial charge in [0.15, 0.2) is 0 Å². The van der Waals surface area contributed by atoms with Gasteiger partial charge in [-0.3, -0.25) is 14.9 Å². The number of carbonyl (C=O) groups excluding carboxylic acids is 1. The molecule has 0 spiro atoms. The van der Waals surface area contributed by atoms with Gasteiger partial charge in [0, 0.05) is 19.7 Å². The Labute approximate surface area is 124 Å². The number of nitrogens with one attached hydrogen (secondary N) is 1. The number of halogens is 1. The number of hydrogen-bond acceptors (Lipinski definition) is 5. The third-order valence-electron chi connectivity index (χ3n) is 2.47. The summed E-state index contributed by atoms with van der Waals surface area (Å²) in [5, 5.41) is 13.5. The Kier molecular flexibility index (Phi) is 6.40. The van der Waals surface area contributed by atoms with Crippen molar-refractivity contribution in [3.05, 3.63) is 33.9 Å². The second-order valence-electron chi connectivity index (χ2n) is 3.88. The van der Waals surface area contributed by atoms with Crippen LogP contribution in [0.1, 0.15) is 10.4 Å². The Morgan fingerprint density at radius 1 is 1.50 bits per heavy atom. The van der Waals surface area contributed by atoms with Gasteiger partial charge in [-0.15, -0.1) is 0 Å². The van der Waals surface area contributed by atoms with E-state index >= 15 is 0 Å². The van der Waals surface area contributed by atoms with E-state index in [0.29, 0.717) is 13.2 Å². The van der Waals surface area contributed by atoms with Crippen LogP contribution in [0.25, 0.3) is 0 Å². The van der Waals surface area contributed by atoms with Crippen molar-refractivity contribution in [1.82, 2.24) is 5.32 Å². The summed E-state index contributed by atoms with van der Waals surface area (Å²) < 4.78 is 9.90. The number of alkyl halides is 1. The number of benzene rings is 1. The number of nitro benzene ring substituents is 1. The first-order chi connectivity index (χ1) is 9.51. The number of nitro groups is 1. The lowest BCUT2D eigenvalue weighted by atomic mass is 10.1. The molecule has 0 aliphatic rings. The van der Waals surface area contributed by atoms with Crippen molar-refractivity contribution in [2.24, 2.45) is 0 Å². The van der Waals surface area contributed by atoms with E-state index in [2.05, 4.69) is 21.2 Å². The molecule has 0 aliphatic carbocycles. The first-order valence-electron chi connectivity index (χ1n) is 5.73. The van der Waals surface area contributed by atoms with E-state index in [1.807, 2.05) is 0 Å². The summed E-state index contributed by atoms with van der Waals surface area (Å²) in [5.74, 6) is -0.487. The zero-order chi connectivity index (χ0) is 15.1. The van der Waals surface area contributed by atoms with Gasteiger partial charge in [-0.25, -0.2) is 0 Å². The molecule has 1 N–H and O–H groups in total. The molecule has 0 fully saturated rings. The number of methoxy groups -OCH3 is 2. The molecular formula is C12H15BrN2O5. The second kappa shape index (κ2) is 7.81. The molecule has 20 heavy (non-hydrogen) atoms. The van der Waals surface area contributed by atoms with Crippen LogP contribution in [0, 0.1) is 10.1 Å². The molecule has 7 nitrogen and oxygen atoms in total. The van der Waals surface area contributed by atoms with Crippen LogP contribution in [0.2, 0.25) is 0 Å². The number of carbonyl (C=O) groups is 1. The normalized spacial score (nSPS) is 11.8. The first-order valence-corrected chi connectivity index (χ1v) is 6.65. The lowest BCUT2D eigenvalue weighted by Crippen LogP contribution is -2.31. The highest BCUT2D eigenvalue weighted by Gasteiger charge is 2.22. The minimum atomic E-state index is -0.589. The van der Waals surface area contributed by atoms with Crippen molar-refractivity contribution in [1.29, 1.82) is 0 Å². The summed E-state index contributed by atoms with van der Waals surface area (Å²) in [6, 6.07) is 4.20. The van der Waals surface area contributed by atoms with Crippen LogP contribution in [-0.2, 0) is 4.74 Å². The van der Waals surface area contributed by atoms with E-state index in [4.69, 9.17) is 9.47 Å². The number of amides is 1. The molecule has 1 aromatic rings. The molecule has 1 aromatic carbocycles. The van der Waals surface area contributed by atoms with Gasteiger partial charge in [-0.2, -0.15) is 0 Å². The molecule has 8 heteroatoms. The number of para-hydroxylation sites is 1. The fourth-order valence-corrected chi connectivity index (χ4v) is 2.03. The van der Waals surface area contributed by atoms with Crippen LogP contribution < -0.4 is 10.1 Å². The predicted molar refractivity (Wildman–Crippen MR) is 76.6 cm³/mol. The Hall–Kier alpha value is -1.67. The SMILES string of the molecule is COCC(Br)CNC(=O)c1cccc([N+](=O)[O-])c1OC. The lowest BCUT2D eigenvalue weighted by Gasteiger charge is -2.12. The summed E-state index contributed by atoms with van der Waals surface area (Å²) >= 11 is 3.33. The van der Waals surface area contributed by atoms with E-state index in [-0.39, 0.29) is 21.8 Å². The van der Waals surface area contributed by atoms with Crippen molar-refractivity contribution < 1.29 is 19.2 Å². The van der Waals surface area contributed by atoms with E-state index in [1.54, 1.807) is 7.11 Å². The average molecular weight is 347 g/mol. The van der Waals surface area contributed by atoms with Crippen LogP contribution in [0.3, 0.4) is 0 Å². The molecule has 1 unspecified atom stereocenters. The number of hydrogen-bond donors (Lipinski definition) is 1. The molecule has 0 aliphatic heterocycles. The zero-order valence-electron chi connectivity index (χ0n) is 11.1. The average Bonchev–Trinajstić information content (AvgIpc) is 2.44. The van der Waals surface area contributed by atoms with Gasteiger partial charge in [-0.1, -0.05) is 22.0 Å². The van der Waals surface area contributed by atoms with Crippen LogP contribution in [0.4, 0.5) is 5.69 Å². The lowest BCUT2D eigenvalue weighted by molar-refractivity contribution is -0.385. The van der Waals surface area contributed by atoms with E-state index in [9.17, 15) is 14.9 Å². The highest BCUT2D eigenvalue weighted by Crippen LogP contribution is 2.30. The molecule has 0 saturated carbocycles. The molecule has 0 aromatic heterocycles. The molecule has 1 atom stereocenters. The Bertz CT molecular complexity index is 495. The zero-order valence-corrected chi connectivity index (χ0v) is 12.7. The molecule has 0 heterocycles. The highest BCUT2D eigenvalue weighted by atomic mass is 79.9. The maximum Gasteiger partial charge on any atom is 0.311 e. The third kappa shape index (κ3) is 4.17. The smallest absolute Gasteiger partial charge is 0.311 e. The van der Waals surface area contributed by atoms with Crippen molar-refractivity contribution in [2.75, 3.05) is 27.4 Å². The standard InChI is InChI=1S/C12H15BrN2O5/c1-19-7-8(13)6-14-12(16)9-4-3-5-10(15(17)18)11(9)20-2/h3-5,8H,6-7H2,1-2H3,(H,14,16). The molecule has 0 radical (unpaired) electrons. The van der Waals surface area contributed by atoms with E-state index in [0.717, 1.165) is 0 Å². The molecular weight excluding hydrogens is 332 g/mol. The van der Waals surface area contributed by atoms with E-state index in [1.165, 1.54) is 25.3 Å². The summed E-state index contributed by atoms with van der Waals surface area (Å²) in [4.78, 5) is 22.3. The third-order valence-corrected chi connectivity index (χ3v) is 3.06. The minimum absolute atomic E-state index is 0.0406. The maximum atomic E-state index is 12.0. The van der Waals surface area contributed by atoms with Gasteiger partial charge >= 0.3 is 5.69 Å². The first kappa shape index (κ1) is 16.4. The molecule has 1 amide bonds. The summed E-state index contributed by atoms with van der Waals surface area (Å²) in [6.07, 6.45) is 0. The fourth-order valence-electron chi connectivity index (χ4n) is 1.60. The van der Waals surface area contributed by atoms with Crippen LogP contribution >= 0.6 is 15.9 Å². The quantitative estimate of drug-likeness (QED) is 0.461. The van der Waals surface area contributed by atoms with Crippen LogP contribution in [-0.4, -0.2) is 43.0 Å². The Balaban J connectivity index is 2.87. The van der Waals surface area contributed by atoms with Crippen molar-refractivity contribution in [2.45, 2.75) is 4.83 Å². The van der Waals surface area contributed by atoms with Gasteiger partial charge < -0.3 is 14.8 Å². The van der Waals surface area contributed by atoms with Gasteiger partial charge in [0.1, 0.15) is 0 Å². The van der Waals surface area contributed by atoms with Gasteiger partial charge in [0.05, 0.1) is 29.0 Å². The summed E-state index contributed by atoms with van der Waals surface area (Å²) in [5.41, 5.74) is -0.119. The molecule has 0 bridgehead atoms. The minimum Gasteiger partial charge on any atom is -0.490 e. The van der Waals surface area contributed by atoms with Gasteiger partial charge in [0.2, 0.25) is 5.75 Å². The maximum absolute atomic E-state index is 12.0. The van der Waals surface area contributed by atoms with Gasteiger partial charge in [-0.05, 0) is 6.07 Å². The van der Waals surface area contributed by atoms with Gasteiger partial charge in [0.25, 0.3) is 5.91 Å². The Morgan fingerprint density at radius 2 is 2.20 bits per heavy atom. The molecule has 1 rings (SSSR count). The van der Waals surface area contributed by atoms with Crippen molar-refractivity contribution in [3.8, 4) is 5.75 Å². The fraction of sp³-hybridized carbons (Fsp3) is 0.417. The predicted octanol–water partition coefficient (Wildman–Crippen LogP) is 1.74. The van der Waals surface area contributed by atoms with Crippen molar-refractivity contribution in [3.63, 3.8) is 0 Å². The van der Waals surface area contributed by atoms with Crippen LogP contribution in [0.15, 0.2) is 18.2 Å². The highest BCUT2D eigenvalue weighted by molar-refractivity contribution is 9.09. The van der Waals surface area contributed by atoms with Crippen molar-refractivity contribution >= 4 is 27.5 Å². The Morgan fingerprint density at radius 3 is 2.75 bits per heavy atom. The molecule has 110 valence electrons. The monoisotopic (exact) mass is 346 g/mol. The summed E-state index contributed by atoms with van der Waals surface area (Å²) in [7, 11) is 2.84. The molecule has 0 saturated heterocycles. The number of ether oxygens (including phenoxy) is 2. The largest absolute Gasteiger partial charge is 0.490 e. The van der Waals surface area contributed by atoms with Crippen LogP contribution in [0.5, 0.6) is 5.75 Å². The number of nitrogens with zero attached hydrogens (tertiary/aromatic N) is 1. The van der Waals surface area contributed by atoms with E-state index < -0.39 is 10.8 Å². The topological polar surface area (TPSA) is 90.7 Å². The second-order valence-corrected chi connectivity index (χ2v) is 5.17. The number of rotatable bonds is 7.